The first-order valence-electron chi connectivity index (χ1n) is 5.52. The third-order valence-corrected chi connectivity index (χ3v) is 2.73. The molecule has 0 fully saturated rings. The maximum Gasteiger partial charge on any atom is 0.328 e. The maximum atomic E-state index is 11.4. The van der Waals surface area contributed by atoms with Crippen LogP contribution in [0.3, 0.4) is 0 Å². The van der Waals surface area contributed by atoms with Gasteiger partial charge in [-0.05, 0) is 31.0 Å². The Morgan fingerprint density at radius 2 is 1.84 bits per heavy atom. The van der Waals surface area contributed by atoms with E-state index in [4.69, 9.17) is 0 Å². The minimum Gasteiger partial charge on any atom is -0.493 e. The van der Waals surface area contributed by atoms with Crippen LogP contribution in [0.25, 0.3) is 0 Å². The number of aromatic hydroxyl groups is 1. The average molecular weight is 260 g/mol. The Balaban J connectivity index is 2.47. The molecule has 3 N–H and O–H groups in total. The number of benzene rings is 1. The Hall–Kier alpha value is -2.70. The summed E-state index contributed by atoms with van der Waals surface area (Å²) in [6.07, 6.45) is 0. The van der Waals surface area contributed by atoms with E-state index in [9.17, 15) is 14.7 Å². The largest absolute Gasteiger partial charge is 0.493 e. The van der Waals surface area contributed by atoms with E-state index in [1.165, 1.54) is 0 Å². The van der Waals surface area contributed by atoms with E-state index >= 15 is 0 Å². The highest BCUT2D eigenvalue weighted by Gasteiger charge is 2.07. The average Bonchev–Trinajstić information content (AvgIpc) is 2.33. The van der Waals surface area contributed by atoms with Crippen LogP contribution in [0, 0.1) is 13.8 Å². The predicted molar refractivity (Wildman–Crippen MR) is 69.4 cm³/mol. The molecule has 2 rings (SSSR count). The second kappa shape index (κ2) is 4.89. The lowest BCUT2D eigenvalue weighted by Crippen LogP contribution is -2.20. The minimum atomic E-state index is -0.798. The molecular weight excluding hydrogens is 248 g/mol. The molecule has 0 spiro atoms. The molecule has 0 saturated heterocycles. The zero-order valence-corrected chi connectivity index (χ0v) is 10.4. The van der Waals surface area contributed by atoms with Crippen molar-refractivity contribution in [3.8, 4) is 5.88 Å². The Morgan fingerprint density at radius 1 is 1.11 bits per heavy atom. The van der Waals surface area contributed by atoms with Gasteiger partial charge in [-0.3, -0.25) is 14.8 Å². The van der Waals surface area contributed by atoms with Crippen LogP contribution in [0.5, 0.6) is 5.88 Å². The standard InChI is InChI=1S/C12H12N4O3/c1-6-4-3-5-8(7(6)2)15-16-9-10(17)13-12(19)14-11(9)18/h3-5H,1-2H3,(H3,13,14,17,18,19). The molecule has 0 unspecified atom stereocenters. The van der Waals surface area contributed by atoms with Crippen LogP contribution in [-0.2, 0) is 0 Å². The van der Waals surface area contributed by atoms with Crippen molar-refractivity contribution < 1.29 is 5.11 Å². The van der Waals surface area contributed by atoms with Crippen molar-refractivity contribution in [2.24, 2.45) is 10.2 Å². The van der Waals surface area contributed by atoms with Crippen molar-refractivity contribution in [2.75, 3.05) is 0 Å². The number of nitrogens with one attached hydrogen (secondary N) is 2. The van der Waals surface area contributed by atoms with Gasteiger partial charge in [0.05, 0.1) is 5.69 Å². The number of rotatable bonds is 2. The Bertz CT molecular complexity index is 758. The Kier molecular flexibility index (Phi) is 3.28. The van der Waals surface area contributed by atoms with Crippen molar-refractivity contribution in [2.45, 2.75) is 13.8 Å². The third-order valence-electron chi connectivity index (χ3n) is 2.73. The molecule has 7 nitrogen and oxygen atoms in total. The molecule has 98 valence electrons. The SMILES string of the molecule is Cc1cccc(N=Nc2c(O)[nH]c(=O)[nH]c2=O)c1C. The lowest BCUT2D eigenvalue weighted by Gasteiger charge is -2.02. The molecule has 1 aromatic carbocycles. The molecule has 0 radical (unpaired) electrons. The van der Waals surface area contributed by atoms with Gasteiger partial charge in [0.2, 0.25) is 11.6 Å². The fourth-order valence-corrected chi connectivity index (χ4v) is 1.51. The molecule has 7 heteroatoms. The number of hydrogen-bond donors (Lipinski definition) is 3. The summed E-state index contributed by atoms with van der Waals surface area (Å²) in [5, 5.41) is 17.0. The summed E-state index contributed by atoms with van der Waals surface area (Å²) >= 11 is 0. The highest BCUT2D eigenvalue weighted by Crippen LogP contribution is 2.24. The van der Waals surface area contributed by atoms with Crippen LogP contribution in [0.4, 0.5) is 11.4 Å². The van der Waals surface area contributed by atoms with Crippen LogP contribution in [-0.4, -0.2) is 15.1 Å². The Labute approximate surface area is 107 Å². The van der Waals surface area contributed by atoms with Crippen molar-refractivity contribution in [3.63, 3.8) is 0 Å². The first-order valence-corrected chi connectivity index (χ1v) is 5.52. The summed E-state index contributed by atoms with van der Waals surface area (Å²) in [4.78, 5) is 26.3. The summed E-state index contributed by atoms with van der Waals surface area (Å²) in [5.41, 5.74) is 0.622. The smallest absolute Gasteiger partial charge is 0.328 e. The van der Waals surface area contributed by atoms with Crippen molar-refractivity contribution in [3.05, 3.63) is 50.2 Å². The minimum absolute atomic E-state index is 0.333. The van der Waals surface area contributed by atoms with Gasteiger partial charge in [-0.25, -0.2) is 4.79 Å². The first kappa shape index (κ1) is 12.7. The molecular formula is C12H12N4O3. The summed E-state index contributed by atoms with van der Waals surface area (Å²) in [6, 6.07) is 5.48. The van der Waals surface area contributed by atoms with E-state index in [-0.39, 0.29) is 5.69 Å². The highest BCUT2D eigenvalue weighted by atomic mass is 16.3. The number of azo groups is 1. The lowest BCUT2D eigenvalue weighted by atomic mass is 10.1. The molecule has 0 saturated carbocycles. The summed E-state index contributed by atoms with van der Waals surface area (Å²) < 4.78 is 0. The molecule has 0 bridgehead atoms. The molecule has 2 aromatic rings. The number of aryl methyl sites for hydroxylation is 1. The normalized spacial score (nSPS) is 11.1. The molecule has 0 aliphatic heterocycles. The van der Waals surface area contributed by atoms with Gasteiger partial charge in [0, 0.05) is 0 Å². The molecule has 1 aromatic heterocycles. The van der Waals surface area contributed by atoms with Gasteiger partial charge in [-0.1, -0.05) is 12.1 Å². The number of hydrogen-bond acceptors (Lipinski definition) is 5. The lowest BCUT2D eigenvalue weighted by molar-refractivity contribution is 0.450. The van der Waals surface area contributed by atoms with Gasteiger partial charge in [0.1, 0.15) is 0 Å². The van der Waals surface area contributed by atoms with Gasteiger partial charge in [-0.2, -0.15) is 0 Å². The van der Waals surface area contributed by atoms with Gasteiger partial charge in [-0.15, -0.1) is 10.2 Å². The van der Waals surface area contributed by atoms with Crippen LogP contribution in [0.1, 0.15) is 11.1 Å². The quantitative estimate of drug-likeness (QED) is 0.716. The van der Waals surface area contributed by atoms with Gasteiger partial charge in [0.15, 0.2) is 0 Å². The fourth-order valence-electron chi connectivity index (χ4n) is 1.51. The van der Waals surface area contributed by atoms with E-state index in [1.807, 2.05) is 35.9 Å². The van der Waals surface area contributed by atoms with Crippen LogP contribution in [0.2, 0.25) is 0 Å². The molecule has 0 amide bonds. The van der Waals surface area contributed by atoms with Crippen molar-refractivity contribution >= 4 is 11.4 Å². The summed E-state index contributed by atoms with van der Waals surface area (Å²) in [6.45, 7) is 3.80. The number of aromatic nitrogens is 2. The van der Waals surface area contributed by atoms with Crippen LogP contribution < -0.4 is 11.2 Å². The van der Waals surface area contributed by atoms with Gasteiger partial charge < -0.3 is 5.11 Å². The summed E-state index contributed by atoms with van der Waals surface area (Å²) in [5.74, 6) is -0.609. The Morgan fingerprint density at radius 3 is 2.53 bits per heavy atom. The van der Waals surface area contributed by atoms with Crippen molar-refractivity contribution in [1.82, 2.24) is 9.97 Å². The van der Waals surface area contributed by atoms with E-state index in [0.717, 1.165) is 11.1 Å². The second-order valence-corrected chi connectivity index (χ2v) is 4.02. The van der Waals surface area contributed by atoms with Gasteiger partial charge in [0.25, 0.3) is 5.56 Å². The number of aromatic amines is 2. The topological polar surface area (TPSA) is 111 Å². The fraction of sp³-hybridized carbons (Fsp3) is 0.167. The zero-order chi connectivity index (χ0) is 14.0. The van der Waals surface area contributed by atoms with Gasteiger partial charge >= 0.3 is 5.69 Å². The van der Waals surface area contributed by atoms with E-state index < -0.39 is 17.1 Å². The molecule has 0 aliphatic rings. The number of H-pyrrole nitrogens is 2. The monoisotopic (exact) mass is 260 g/mol. The number of nitrogens with zero attached hydrogens (tertiary/aromatic N) is 2. The van der Waals surface area contributed by atoms with E-state index in [1.54, 1.807) is 6.07 Å². The second-order valence-electron chi connectivity index (χ2n) is 4.02. The van der Waals surface area contributed by atoms with Crippen LogP contribution >= 0.6 is 0 Å². The third kappa shape index (κ3) is 2.59. The highest BCUT2D eigenvalue weighted by molar-refractivity contribution is 5.50. The molecule has 19 heavy (non-hydrogen) atoms. The molecule has 1 heterocycles. The summed E-state index contributed by atoms with van der Waals surface area (Å²) in [7, 11) is 0. The maximum absolute atomic E-state index is 11.4. The van der Waals surface area contributed by atoms with E-state index in [0.29, 0.717) is 5.69 Å². The predicted octanol–water partition coefficient (Wildman–Crippen LogP) is 1.80. The zero-order valence-electron chi connectivity index (χ0n) is 10.4. The van der Waals surface area contributed by atoms with E-state index in [2.05, 4.69) is 10.2 Å². The first-order chi connectivity index (χ1) is 8.99. The van der Waals surface area contributed by atoms with Crippen LogP contribution in [0.15, 0.2) is 38.0 Å². The molecule has 0 aliphatic carbocycles. The van der Waals surface area contributed by atoms with Crippen molar-refractivity contribution in [1.29, 1.82) is 0 Å². The molecule has 0 atom stereocenters.